The summed E-state index contributed by atoms with van der Waals surface area (Å²) in [5, 5.41) is 14.5. The van der Waals surface area contributed by atoms with E-state index < -0.39 is 18.0 Å². The van der Waals surface area contributed by atoms with E-state index in [1.54, 1.807) is 30.3 Å². The van der Waals surface area contributed by atoms with E-state index in [9.17, 15) is 14.7 Å². The molecule has 2 amide bonds. The molecular weight excluding hydrogens is 256 g/mol. The van der Waals surface area contributed by atoms with Crippen molar-refractivity contribution >= 4 is 12.0 Å². The minimum Gasteiger partial charge on any atom is -0.479 e. The van der Waals surface area contributed by atoms with Crippen LogP contribution < -0.4 is 10.6 Å². The van der Waals surface area contributed by atoms with Gasteiger partial charge in [-0.1, -0.05) is 37.3 Å². The minimum atomic E-state index is -1.07. The Morgan fingerprint density at radius 2 is 1.95 bits per heavy atom. The Balaban J connectivity index is 1.92. The van der Waals surface area contributed by atoms with Crippen LogP contribution in [0.4, 0.5) is 4.79 Å². The van der Waals surface area contributed by atoms with E-state index in [-0.39, 0.29) is 5.41 Å². The van der Waals surface area contributed by atoms with Crippen LogP contribution in [0.15, 0.2) is 30.3 Å². The summed E-state index contributed by atoms with van der Waals surface area (Å²) in [4.78, 5) is 23.1. The lowest BCUT2D eigenvalue weighted by molar-refractivity contribution is -0.139. The number of hydrogen-bond donors (Lipinski definition) is 3. The summed E-state index contributed by atoms with van der Waals surface area (Å²) in [6.45, 7) is 2.72. The number of nitrogens with one attached hydrogen (secondary N) is 2. The Morgan fingerprint density at radius 1 is 1.30 bits per heavy atom. The lowest BCUT2D eigenvalue weighted by Gasteiger charge is -2.18. The molecule has 108 valence electrons. The van der Waals surface area contributed by atoms with Crippen molar-refractivity contribution in [2.75, 3.05) is 6.54 Å². The average Bonchev–Trinajstić information content (AvgIpc) is 3.24. The van der Waals surface area contributed by atoms with Crippen molar-refractivity contribution in [1.29, 1.82) is 0 Å². The third-order valence-corrected chi connectivity index (χ3v) is 3.99. The van der Waals surface area contributed by atoms with Gasteiger partial charge >= 0.3 is 12.0 Å². The van der Waals surface area contributed by atoms with Gasteiger partial charge in [-0.2, -0.15) is 0 Å². The van der Waals surface area contributed by atoms with E-state index in [0.29, 0.717) is 12.1 Å². The number of amides is 2. The van der Waals surface area contributed by atoms with Crippen molar-refractivity contribution in [3.8, 4) is 0 Å². The molecule has 3 N–H and O–H groups in total. The van der Waals surface area contributed by atoms with Crippen LogP contribution >= 0.6 is 0 Å². The van der Waals surface area contributed by atoms with E-state index >= 15 is 0 Å². The van der Waals surface area contributed by atoms with Crippen LogP contribution in [0, 0.1) is 5.41 Å². The second kappa shape index (κ2) is 5.94. The maximum Gasteiger partial charge on any atom is 0.330 e. The Kier molecular flexibility index (Phi) is 4.27. The Morgan fingerprint density at radius 3 is 2.45 bits per heavy atom. The van der Waals surface area contributed by atoms with Gasteiger partial charge in [-0.25, -0.2) is 9.59 Å². The number of carboxylic acids is 1. The van der Waals surface area contributed by atoms with E-state index in [1.165, 1.54) is 0 Å². The molecule has 1 aliphatic rings. The molecule has 20 heavy (non-hydrogen) atoms. The maximum absolute atomic E-state index is 11.8. The van der Waals surface area contributed by atoms with Gasteiger partial charge < -0.3 is 15.7 Å². The number of aliphatic carboxylic acids is 1. The zero-order chi connectivity index (χ0) is 14.6. The van der Waals surface area contributed by atoms with Gasteiger partial charge in [-0.3, -0.25) is 0 Å². The second-order valence-corrected chi connectivity index (χ2v) is 5.36. The molecule has 5 heteroatoms. The molecule has 2 rings (SSSR count). The quantitative estimate of drug-likeness (QED) is 0.746. The van der Waals surface area contributed by atoms with Crippen molar-refractivity contribution in [1.82, 2.24) is 10.6 Å². The van der Waals surface area contributed by atoms with Crippen molar-refractivity contribution in [3.05, 3.63) is 35.9 Å². The number of urea groups is 1. The van der Waals surface area contributed by atoms with Crippen LogP contribution in [0.1, 0.15) is 37.8 Å². The highest BCUT2D eigenvalue weighted by Gasteiger charge is 2.40. The first-order chi connectivity index (χ1) is 9.56. The maximum atomic E-state index is 11.8. The summed E-state index contributed by atoms with van der Waals surface area (Å²) in [6.07, 6.45) is 3.30. The molecule has 0 bridgehead atoms. The molecule has 1 aromatic rings. The molecule has 1 fully saturated rings. The van der Waals surface area contributed by atoms with Crippen LogP contribution in [0.3, 0.4) is 0 Å². The molecule has 0 radical (unpaired) electrons. The van der Waals surface area contributed by atoms with Gasteiger partial charge in [-0.05, 0) is 30.2 Å². The standard InChI is InChI=1S/C15H20N2O3/c1-2-15(8-9-15)10-16-14(20)17-12(13(18)19)11-6-4-3-5-7-11/h3-7,12H,2,8-10H2,1H3,(H,18,19)(H2,16,17,20)/t12-/m1/s1. The van der Waals surface area contributed by atoms with E-state index in [4.69, 9.17) is 0 Å². The Bertz CT molecular complexity index is 483. The predicted molar refractivity (Wildman–Crippen MR) is 75.3 cm³/mol. The predicted octanol–water partition coefficient (Wildman–Crippen LogP) is 2.30. The molecule has 0 heterocycles. The van der Waals surface area contributed by atoms with Crippen molar-refractivity contribution in [2.45, 2.75) is 32.2 Å². The molecule has 1 atom stereocenters. The molecule has 0 saturated heterocycles. The highest BCUT2D eigenvalue weighted by molar-refractivity contribution is 5.83. The second-order valence-electron chi connectivity index (χ2n) is 5.36. The molecule has 0 aliphatic heterocycles. The first-order valence-electron chi connectivity index (χ1n) is 6.88. The monoisotopic (exact) mass is 276 g/mol. The van der Waals surface area contributed by atoms with Crippen LogP contribution in [0.5, 0.6) is 0 Å². The fourth-order valence-corrected chi connectivity index (χ4v) is 2.22. The van der Waals surface area contributed by atoms with Gasteiger partial charge in [0.1, 0.15) is 0 Å². The number of rotatable bonds is 6. The lowest BCUT2D eigenvalue weighted by Crippen LogP contribution is -2.42. The van der Waals surface area contributed by atoms with Crippen molar-refractivity contribution in [2.24, 2.45) is 5.41 Å². The first-order valence-corrected chi connectivity index (χ1v) is 6.88. The van der Waals surface area contributed by atoms with E-state index in [2.05, 4.69) is 17.6 Å². The van der Waals surface area contributed by atoms with Gasteiger partial charge in [0.15, 0.2) is 6.04 Å². The molecule has 5 nitrogen and oxygen atoms in total. The zero-order valence-corrected chi connectivity index (χ0v) is 11.6. The van der Waals surface area contributed by atoms with Crippen LogP contribution in [0.25, 0.3) is 0 Å². The summed E-state index contributed by atoms with van der Waals surface area (Å²) in [6, 6.07) is 7.23. The van der Waals surface area contributed by atoms with Crippen LogP contribution in [0.2, 0.25) is 0 Å². The van der Waals surface area contributed by atoms with Gasteiger partial charge in [0.2, 0.25) is 0 Å². The van der Waals surface area contributed by atoms with Gasteiger partial charge in [0.25, 0.3) is 0 Å². The number of carboxylic acid groups (broad SMARTS) is 1. The summed E-state index contributed by atoms with van der Waals surface area (Å²) >= 11 is 0. The lowest BCUT2D eigenvalue weighted by atomic mass is 10.0. The van der Waals surface area contributed by atoms with E-state index in [1.807, 2.05) is 0 Å². The van der Waals surface area contributed by atoms with Crippen LogP contribution in [-0.2, 0) is 4.79 Å². The summed E-state index contributed by atoms with van der Waals surface area (Å²) in [7, 11) is 0. The first kappa shape index (κ1) is 14.4. The third kappa shape index (κ3) is 3.50. The van der Waals surface area contributed by atoms with Crippen molar-refractivity contribution in [3.63, 3.8) is 0 Å². The molecule has 0 unspecified atom stereocenters. The molecule has 1 aromatic carbocycles. The topological polar surface area (TPSA) is 78.4 Å². The Hall–Kier alpha value is -2.04. The van der Waals surface area contributed by atoms with E-state index in [0.717, 1.165) is 19.3 Å². The highest BCUT2D eigenvalue weighted by atomic mass is 16.4. The number of carbonyl (C=O) groups excluding carboxylic acids is 1. The summed E-state index contributed by atoms with van der Waals surface area (Å²) < 4.78 is 0. The highest BCUT2D eigenvalue weighted by Crippen LogP contribution is 2.47. The zero-order valence-electron chi connectivity index (χ0n) is 11.6. The molecule has 1 aliphatic carbocycles. The van der Waals surface area contributed by atoms with Crippen molar-refractivity contribution < 1.29 is 14.7 Å². The van der Waals surface area contributed by atoms with Gasteiger partial charge in [0, 0.05) is 6.54 Å². The van der Waals surface area contributed by atoms with Gasteiger partial charge in [-0.15, -0.1) is 0 Å². The number of carbonyl (C=O) groups is 2. The Labute approximate surface area is 118 Å². The van der Waals surface area contributed by atoms with Crippen LogP contribution in [-0.4, -0.2) is 23.7 Å². The fraction of sp³-hybridized carbons (Fsp3) is 0.467. The SMILES string of the molecule is CCC1(CNC(=O)N[C@@H](C(=O)O)c2ccccc2)CC1. The largest absolute Gasteiger partial charge is 0.479 e. The normalized spacial score (nSPS) is 17.1. The third-order valence-electron chi connectivity index (χ3n) is 3.99. The summed E-state index contributed by atoms with van der Waals surface area (Å²) in [5.74, 6) is -1.07. The summed E-state index contributed by atoms with van der Waals surface area (Å²) in [5.41, 5.74) is 0.801. The molecule has 0 spiro atoms. The fourth-order valence-electron chi connectivity index (χ4n) is 2.22. The minimum absolute atomic E-state index is 0.239. The molecular formula is C15H20N2O3. The number of benzene rings is 1. The smallest absolute Gasteiger partial charge is 0.330 e. The average molecular weight is 276 g/mol. The molecule has 0 aromatic heterocycles. The molecule has 1 saturated carbocycles. The van der Waals surface area contributed by atoms with Gasteiger partial charge in [0.05, 0.1) is 0 Å². The number of hydrogen-bond acceptors (Lipinski definition) is 2.